The third-order valence-electron chi connectivity index (χ3n) is 5.06. The van der Waals surface area contributed by atoms with E-state index in [4.69, 9.17) is 21.6 Å². The standard InChI is InChI=1S/C20H18ClN3O/c1-20(6-7-20)19-15(8-12-4-3-5-13(11-22)23-12)14-9-16(21)18(25-2)10-17(14)24-19/h3-5,9-10,24H,6-8H2,1-2H3. The van der Waals surface area contributed by atoms with Gasteiger partial charge < -0.3 is 9.72 Å². The lowest BCUT2D eigenvalue weighted by molar-refractivity contribution is 0.415. The molecule has 1 aliphatic carbocycles. The molecule has 1 aromatic carbocycles. The van der Waals surface area contributed by atoms with E-state index in [-0.39, 0.29) is 5.41 Å². The summed E-state index contributed by atoms with van der Waals surface area (Å²) < 4.78 is 5.35. The zero-order valence-corrected chi connectivity index (χ0v) is 14.9. The Morgan fingerprint density at radius 3 is 2.84 bits per heavy atom. The van der Waals surface area contributed by atoms with Crippen molar-refractivity contribution in [2.24, 2.45) is 0 Å². The average molecular weight is 352 g/mol. The molecule has 0 spiro atoms. The van der Waals surface area contributed by atoms with E-state index in [2.05, 4.69) is 23.0 Å². The number of hydrogen-bond donors (Lipinski definition) is 1. The smallest absolute Gasteiger partial charge is 0.140 e. The maximum Gasteiger partial charge on any atom is 0.140 e. The lowest BCUT2D eigenvalue weighted by Crippen LogP contribution is -2.05. The van der Waals surface area contributed by atoms with Crippen LogP contribution in [0.25, 0.3) is 10.9 Å². The molecule has 0 atom stereocenters. The van der Waals surface area contributed by atoms with Gasteiger partial charge >= 0.3 is 0 Å². The molecule has 1 saturated carbocycles. The van der Waals surface area contributed by atoms with Gasteiger partial charge in [0.25, 0.3) is 0 Å². The lowest BCUT2D eigenvalue weighted by atomic mass is 9.96. The van der Waals surface area contributed by atoms with Crippen molar-refractivity contribution in [3.8, 4) is 11.8 Å². The number of methoxy groups -OCH3 is 1. The summed E-state index contributed by atoms with van der Waals surface area (Å²) in [7, 11) is 1.62. The Morgan fingerprint density at radius 2 is 2.16 bits per heavy atom. The number of hydrogen-bond acceptors (Lipinski definition) is 3. The Kier molecular flexibility index (Phi) is 3.70. The first-order valence-corrected chi connectivity index (χ1v) is 8.66. The number of nitriles is 1. The minimum Gasteiger partial charge on any atom is -0.495 e. The number of halogens is 1. The maximum absolute atomic E-state index is 9.10. The van der Waals surface area contributed by atoms with Crippen molar-refractivity contribution in [3.63, 3.8) is 0 Å². The minimum atomic E-state index is 0.181. The summed E-state index contributed by atoms with van der Waals surface area (Å²) in [4.78, 5) is 8.03. The fourth-order valence-corrected chi connectivity index (χ4v) is 3.61. The van der Waals surface area contributed by atoms with Gasteiger partial charge in [-0.1, -0.05) is 24.6 Å². The number of nitrogens with one attached hydrogen (secondary N) is 1. The van der Waals surface area contributed by atoms with E-state index in [1.165, 1.54) is 24.1 Å². The number of nitrogens with zero attached hydrogens (tertiary/aromatic N) is 2. The van der Waals surface area contributed by atoms with E-state index in [1.54, 1.807) is 13.2 Å². The van der Waals surface area contributed by atoms with Crippen LogP contribution >= 0.6 is 11.6 Å². The highest BCUT2D eigenvalue weighted by Gasteiger charge is 2.42. The van der Waals surface area contributed by atoms with E-state index in [0.717, 1.165) is 16.6 Å². The average Bonchev–Trinajstić information content (AvgIpc) is 3.27. The van der Waals surface area contributed by atoms with E-state index < -0.39 is 0 Å². The van der Waals surface area contributed by atoms with Crippen LogP contribution in [0.2, 0.25) is 5.02 Å². The fraction of sp³-hybridized carbons (Fsp3) is 0.300. The second-order valence-electron chi connectivity index (χ2n) is 6.87. The zero-order chi connectivity index (χ0) is 17.6. The van der Waals surface area contributed by atoms with E-state index in [9.17, 15) is 0 Å². The SMILES string of the molecule is COc1cc2[nH]c(C3(C)CC3)c(Cc3cccc(C#N)n3)c2cc1Cl. The number of H-pyrrole nitrogens is 1. The van der Waals surface area contributed by atoms with Crippen molar-refractivity contribution < 1.29 is 4.74 Å². The van der Waals surface area contributed by atoms with Gasteiger partial charge in [0.1, 0.15) is 17.5 Å². The van der Waals surface area contributed by atoms with Gasteiger partial charge in [-0.2, -0.15) is 5.26 Å². The molecule has 0 saturated heterocycles. The minimum absolute atomic E-state index is 0.181. The second kappa shape index (κ2) is 5.79. The molecule has 25 heavy (non-hydrogen) atoms. The Balaban J connectivity index is 1.88. The molecule has 0 aliphatic heterocycles. The molecule has 0 unspecified atom stereocenters. The van der Waals surface area contributed by atoms with Crippen molar-refractivity contribution in [1.82, 2.24) is 9.97 Å². The zero-order valence-electron chi connectivity index (χ0n) is 14.2. The molecular weight excluding hydrogens is 334 g/mol. The Labute approximate surface area is 151 Å². The molecule has 1 N–H and O–H groups in total. The number of benzene rings is 1. The van der Waals surface area contributed by atoms with Crippen LogP contribution in [-0.2, 0) is 11.8 Å². The topological polar surface area (TPSA) is 61.7 Å². The van der Waals surface area contributed by atoms with Crippen LogP contribution in [0, 0.1) is 11.3 Å². The first kappa shape index (κ1) is 16.0. The highest BCUT2D eigenvalue weighted by molar-refractivity contribution is 6.32. The molecular formula is C20H18ClN3O. The van der Waals surface area contributed by atoms with Crippen molar-refractivity contribution in [2.45, 2.75) is 31.6 Å². The van der Waals surface area contributed by atoms with E-state index in [0.29, 0.717) is 22.9 Å². The normalized spacial score (nSPS) is 15.1. The van der Waals surface area contributed by atoms with Gasteiger partial charge in [0.05, 0.1) is 12.1 Å². The molecule has 2 heterocycles. The fourth-order valence-electron chi connectivity index (χ4n) is 3.37. The van der Waals surface area contributed by atoms with Crippen molar-refractivity contribution in [2.75, 3.05) is 7.11 Å². The predicted molar refractivity (Wildman–Crippen MR) is 98.2 cm³/mol. The number of rotatable bonds is 4. The van der Waals surface area contributed by atoms with E-state index in [1.807, 2.05) is 24.3 Å². The van der Waals surface area contributed by atoms with Crippen LogP contribution in [0.3, 0.4) is 0 Å². The van der Waals surface area contributed by atoms with Crippen molar-refractivity contribution >= 4 is 22.5 Å². The molecule has 0 amide bonds. The van der Waals surface area contributed by atoms with Crippen LogP contribution in [-0.4, -0.2) is 17.1 Å². The summed E-state index contributed by atoms with van der Waals surface area (Å²) >= 11 is 6.37. The summed E-state index contributed by atoms with van der Waals surface area (Å²) in [5.74, 6) is 0.666. The monoisotopic (exact) mass is 351 g/mol. The van der Waals surface area contributed by atoms with E-state index >= 15 is 0 Å². The Hall–Kier alpha value is -2.51. The summed E-state index contributed by atoms with van der Waals surface area (Å²) in [6.45, 7) is 2.28. The van der Waals surface area contributed by atoms with Crippen molar-refractivity contribution in [3.05, 3.63) is 58.0 Å². The summed E-state index contributed by atoms with van der Waals surface area (Å²) in [6, 6.07) is 11.6. The molecule has 4 nitrogen and oxygen atoms in total. The van der Waals surface area contributed by atoms with Crippen LogP contribution < -0.4 is 4.74 Å². The van der Waals surface area contributed by atoms with Crippen LogP contribution in [0.15, 0.2) is 30.3 Å². The third-order valence-corrected chi connectivity index (χ3v) is 5.36. The highest BCUT2D eigenvalue weighted by atomic mass is 35.5. The number of aromatic nitrogens is 2. The van der Waals surface area contributed by atoms with Gasteiger partial charge in [0, 0.05) is 40.2 Å². The predicted octanol–water partition coefficient (Wildman–Crippen LogP) is 4.74. The van der Waals surface area contributed by atoms with Gasteiger partial charge in [0.15, 0.2) is 0 Å². The summed E-state index contributed by atoms with van der Waals surface area (Å²) in [6.07, 6.45) is 3.01. The van der Waals surface area contributed by atoms with Gasteiger partial charge in [-0.15, -0.1) is 0 Å². The number of fused-ring (bicyclic) bond motifs is 1. The van der Waals surface area contributed by atoms with Gasteiger partial charge in [-0.05, 0) is 36.6 Å². The maximum atomic E-state index is 9.10. The van der Waals surface area contributed by atoms with Crippen LogP contribution in [0.4, 0.5) is 0 Å². The third kappa shape index (κ3) is 2.75. The lowest BCUT2D eigenvalue weighted by Gasteiger charge is -2.11. The highest BCUT2D eigenvalue weighted by Crippen LogP contribution is 2.50. The van der Waals surface area contributed by atoms with Crippen LogP contribution in [0.1, 0.15) is 42.4 Å². The largest absolute Gasteiger partial charge is 0.495 e. The molecule has 1 aliphatic rings. The Morgan fingerprint density at radius 1 is 1.36 bits per heavy atom. The summed E-state index contributed by atoms with van der Waals surface area (Å²) in [5, 5.41) is 10.8. The first-order chi connectivity index (χ1) is 12.0. The number of aromatic amines is 1. The molecule has 2 aromatic heterocycles. The second-order valence-corrected chi connectivity index (χ2v) is 7.28. The van der Waals surface area contributed by atoms with Crippen molar-refractivity contribution in [1.29, 1.82) is 5.26 Å². The molecule has 1 fully saturated rings. The summed E-state index contributed by atoms with van der Waals surface area (Å²) in [5.41, 5.74) is 4.99. The molecule has 0 bridgehead atoms. The molecule has 3 aromatic rings. The molecule has 0 radical (unpaired) electrons. The quantitative estimate of drug-likeness (QED) is 0.738. The number of pyridine rings is 1. The molecule has 126 valence electrons. The van der Waals surface area contributed by atoms with Gasteiger partial charge in [0.2, 0.25) is 0 Å². The Bertz CT molecular complexity index is 1010. The first-order valence-electron chi connectivity index (χ1n) is 8.29. The van der Waals surface area contributed by atoms with Crippen LogP contribution in [0.5, 0.6) is 5.75 Å². The van der Waals surface area contributed by atoms with Gasteiger partial charge in [-0.25, -0.2) is 4.98 Å². The number of ether oxygens (including phenoxy) is 1. The molecule has 5 heteroatoms. The van der Waals surface area contributed by atoms with Gasteiger partial charge in [-0.3, -0.25) is 0 Å². The molecule has 4 rings (SSSR count).